The van der Waals surface area contributed by atoms with E-state index < -0.39 is 0 Å². The second kappa shape index (κ2) is 11.3. The fraction of sp³-hybridized carbons (Fsp3) is 0.444. The molecular formula is C27H33N3O4. The van der Waals surface area contributed by atoms with Gasteiger partial charge in [-0.25, -0.2) is 0 Å². The first kappa shape index (κ1) is 24.0. The van der Waals surface area contributed by atoms with Crippen molar-refractivity contribution in [2.24, 2.45) is 0 Å². The number of ether oxygens (including phenoxy) is 1. The molecule has 1 aromatic heterocycles. The van der Waals surface area contributed by atoms with Crippen LogP contribution in [-0.4, -0.2) is 44.8 Å². The van der Waals surface area contributed by atoms with E-state index in [1.165, 1.54) is 44.1 Å². The van der Waals surface area contributed by atoms with Gasteiger partial charge in [0.25, 0.3) is 12.4 Å². The van der Waals surface area contributed by atoms with Gasteiger partial charge >= 0.3 is 0 Å². The zero-order valence-electron chi connectivity index (χ0n) is 19.9. The summed E-state index contributed by atoms with van der Waals surface area (Å²) in [5.41, 5.74) is 3.24. The minimum atomic E-state index is -0.250. The number of benzene rings is 2. The van der Waals surface area contributed by atoms with Crippen molar-refractivity contribution in [1.29, 1.82) is 0 Å². The maximum absolute atomic E-state index is 8.36. The predicted octanol–water partition coefficient (Wildman–Crippen LogP) is 5.80. The molecule has 0 spiro atoms. The van der Waals surface area contributed by atoms with Crippen LogP contribution in [0.4, 0.5) is 0 Å². The van der Waals surface area contributed by atoms with Gasteiger partial charge in [0.2, 0.25) is 5.82 Å². The summed E-state index contributed by atoms with van der Waals surface area (Å²) in [4.78, 5) is 15.7. The molecule has 7 heteroatoms. The number of hydrogen-bond acceptors (Lipinski definition) is 6. The van der Waals surface area contributed by atoms with Crippen LogP contribution in [0, 0.1) is 0 Å². The minimum Gasteiger partial charge on any atom is -0.491 e. The molecule has 0 amide bonds. The molecule has 0 saturated heterocycles. The molecule has 0 atom stereocenters. The first-order valence-corrected chi connectivity index (χ1v) is 12.1. The summed E-state index contributed by atoms with van der Waals surface area (Å²) in [6, 6.07) is 18.0. The van der Waals surface area contributed by atoms with Crippen molar-refractivity contribution in [2.45, 2.75) is 77.1 Å². The van der Waals surface area contributed by atoms with Gasteiger partial charge < -0.3 is 14.4 Å². The van der Waals surface area contributed by atoms with Crippen LogP contribution in [0.1, 0.15) is 57.9 Å². The third-order valence-electron chi connectivity index (χ3n) is 6.56. The van der Waals surface area contributed by atoms with E-state index in [-0.39, 0.29) is 12.6 Å². The Morgan fingerprint density at radius 2 is 1.56 bits per heavy atom. The fourth-order valence-corrected chi connectivity index (χ4v) is 4.37. The Bertz CT molecular complexity index is 1020. The summed E-state index contributed by atoms with van der Waals surface area (Å²) in [5, 5.41) is 11.1. The number of hydrogen-bond donors (Lipinski definition) is 1. The van der Waals surface area contributed by atoms with Crippen LogP contribution in [0.2, 0.25) is 0 Å². The molecule has 2 aromatic carbocycles. The minimum absolute atomic E-state index is 0.151. The molecule has 0 radical (unpaired) electrons. The lowest BCUT2D eigenvalue weighted by atomic mass is 9.84. The Labute approximate surface area is 200 Å². The highest BCUT2D eigenvalue weighted by atomic mass is 16.5. The molecule has 0 aliphatic heterocycles. The van der Waals surface area contributed by atoms with E-state index in [2.05, 4.69) is 39.3 Å². The largest absolute Gasteiger partial charge is 0.491 e. The van der Waals surface area contributed by atoms with Crippen molar-refractivity contribution in [3.8, 4) is 28.6 Å². The number of nitrogens with zero attached hydrogens (tertiary/aromatic N) is 3. The Hall–Kier alpha value is -3.19. The lowest BCUT2D eigenvalue weighted by molar-refractivity contribution is -0.122. The molecule has 2 fully saturated rings. The molecule has 2 aliphatic carbocycles. The Morgan fingerprint density at radius 1 is 1.00 bits per heavy atom. The molecule has 34 heavy (non-hydrogen) atoms. The summed E-state index contributed by atoms with van der Waals surface area (Å²) in [6.45, 7) is 4.83. The molecule has 0 unspecified atom stereocenters. The molecule has 0 bridgehead atoms. The van der Waals surface area contributed by atoms with Crippen LogP contribution in [0.5, 0.6) is 5.75 Å². The Morgan fingerprint density at radius 3 is 2.06 bits per heavy atom. The van der Waals surface area contributed by atoms with Crippen molar-refractivity contribution >= 4 is 6.47 Å². The van der Waals surface area contributed by atoms with Crippen molar-refractivity contribution in [1.82, 2.24) is 15.0 Å². The molecule has 1 N–H and O–H groups in total. The highest BCUT2D eigenvalue weighted by molar-refractivity contribution is 5.60. The first-order valence-electron chi connectivity index (χ1n) is 12.1. The number of carboxylic acid groups (broad SMARTS) is 1. The number of rotatable bonds is 8. The summed E-state index contributed by atoms with van der Waals surface area (Å²) in [5.74, 6) is 1.99. The third-order valence-corrected chi connectivity index (χ3v) is 6.56. The van der Waals surface area contributed by atoms with E-state index in [0.717, 1.165) is 35.5 Å². The van der Waals surface area contributed by atoms with Gasteiger partial charge in [0.15, 0.2) is 0 Å². The molecule has 180 valence electrons. The zero-order valence-corrected chi connectivity index (χ0v) is 19.9. The molecule has 1 heterocycles. The third kappa shape index (κ3) is 5.83. The molecule has 3 aromatic rings. The van der Waals surface area contributed by atoms with Gasteiger partial charge in [-0.1, -0.05) is 42.3 Å². The maximum Gasteiger partial charge on any atom is 0.290 e. The SMILES string of the molecule is CC(C)Oc1ccc(-c2nc(-c3ccc(CN(C4CCC4)C4CCC4)cc3)no2)cc1.O=CO. The van der Waals surface area contributed by atoms with E-state index in [1.807, 2.05) is 38.1 Å². The van der Waals surface area contributed by atoms with Crippen LogP contribution in [0.25, 0.3) is 22.8 Å². The molecule has 2 saturated carbocycles. The predicted molar refractivity (Wildman–Crippen MR) is 130 cm³/mol. The normalized spacial score (nSPS) is 15.9. The summed E-state index contributed by atoms with van der Waals surface area (Å²) >= 11 is 0. The maximum atomic E-state index is 8.36. The van der Waals surface area contributed by atoms with E-state index in [1.54, 1.807) is 0 Å². The van der Waals surface area contributed by atoms with E-state index in [4.69, 9.17) is 19.2 Å². The summed E-state index contributed by atoms with van der Waals surface area (Å²) in [7, 11) is 0. The van der Waals surface area contributed by atoms with Crippen molar-refractivity contribution in [3.05, 3.63) is 54.1 Å². The monoisotopic (exact) mass is 463 g/mol. The fourth-order valence-electron chi connectivity index (χ4n) is 4.37. The second-order valence-electron chi connectivity index (χ2n) is 9.26. The molecule has 2 aliphatic rings. The van der Waals surface area contributed by atoms with E-state index in [0.29, 0.717) is 11.7 Å². The summed E-state index contributed by atoms with van der Waals surface area (Å²) < 4.78 is 11.2. The first-order chi connectivity index (χ1) is 16.6. The topological polar surface area (TPSA) is 88.7 Å². The quantitative estimate of drug-likeness (QED) is 0.422. The number of aromatic nitrogens is 2. The zero-order chi connectivity index (χ0) is 23.9. The van der Waals surface area contributed by atoms with Gasteiger partial charge in [-0.15, -0.1) is 0 Å². The highest BCUT2D eigenvalue weighted by Gasteiger charge is 2.33. The molecule has 7 nitrogen and oxygen atoms in total. The van der Waals surface area contributed by atoms with Crippen molar-refractivity contribution in [3.63, 3.8) is 0 Å². The Kier molecular flexibility index (Phi) is 7.95. The standard InChI is InChI=1S/C26H31N3O2.CH2O2/c1-18(2)30-24-15-13-21(14-16-24)26-27-25(28-31-26)20-11-9-19(10-12-20)17-29(22-5-3-6-22)23-7-4-8-23;2-1-3/h9-16,18,22-23H,3-8,17H2,1-2H3;1H,(H,2,3). The van der Waals surface area contributed by atoms with Crippen LogP contribution in [0.15, 0.2) is 53.1 Å². The van der Waals surface area contributed by atoms with Gasteiger partial charge in [0.05, 0.1) is 6.10 Å². The van der Waals surface area contributed by atoms with Crippen LogP contribution >= 0.6 is 0 Å². The van der Waals surface area contributed by atoms with Gasteiger partial charge in [0, 0.05) is 29.8 Å². The van der Waals surface area contributed by atoms with Crippen LogP contribution < -0.4 is 4.74 Å². The average Bonchev–Trinajstić information content (AvgIpc) is 3.23. The molecule has 5 rings (SSSR count). The van der Waals surface area contributed by atoms with E-state index in [9.17, 15) is 0 Å². The summed E-state index contributed by atoms with van der Waals surface area (Å²) in [6.07, 6.45) is 8.39. The van der Waals surface area contributed by atoms with Gasteiger partial charge in [0.1, 0.15) is 5.75 Å². The second-order valence-corrected chi connectivity index (χ2v) is 9.26. The highest BCUT2D eigenvalue weighted by Crippen LogP contribution is 2.35. The van der Waals surface area contributed by atoms with Crippen molar-refractivity contribution in [2.75, 3.05) is 0 Å². The molecular weight excluding hydrogens is 430 g/mol. The Balaban J connectivity index is 0.000000868. The smallest absolute Gasteiger partial charge is 0.290 e. The number of carbonyl (C=O) groups is 1. The van der Waals surface area contributed by atoms with Crippen LogP contribution in [0.3, 0.4) is 0 Å². The van der Waals surface area contributed by atoms with Gasteiger partial charge in [-0.3, -0.25) is 9.69 Å². The van der Waals surface area contributed by atoms with E-state index >= 15 is 0 Å². The average molecular weight is 464 g/mol. The van der Waals surface area contributed by atoms with Gasteiger partial charge in [-0.2, -0.15) is 4.98 Å². The van der Waals surface area contributed by atoms with Crippen LogP contribution in [-0.2, 0) is 11.3 Å². The lowest BCUT2D eigenvalue weighted by Crippen LogP contribution is -2.48. The lowest BCUT2D eigenvalue weighted by Gasteiger charge is -2.46. The van der Waals surface area contributed by atoms with Gasteiger partial charge in [-0.05, 0) is 69.4 Å². The van der Waals surface area contributed by atoms with Crippen molar-refractivity contribution < 1.29 is 19.2 Å².